The fourth-order valence-corrected chi connectivity index (χ4v) is 4.71. The zero-order valence-corrected chi connectivity index (χ0v) is 17.6. The molecule has 156 valence electrons. The highest BCUT2D eigenvalue weighted by Crippen LogP contribution is 2.27. The molecule has 1 aromatic carbocycles. The second kappa shape index (κ2) is 9.76. The standard InChI is InChI=1S/C24H26N2O3S/c27-22(16-21-13-7-15-30-21)26(17-20-12-6-14-29-20)23(18-8-2-1-3-9-18)24(28)25-19-10-4-5-11-19/h1-3,6-9,12-15,19,23H,4-5,10-11,16-17H2,(H,25,28)/t23-/m1/s1. The first-order valence-corrected chi connectivity index (χ1v) is 11.3. The van der Waals surface area contributed by atoms with E-state index in [1.807, 2.05) is 53.9 Å². The van der Waals surface area contributed by atoms with Gasteiger partial charge in [0.25, 0.3) is 0 Å². The third kappa shape index (κ3) is 5.00. The molecule has 30 heavy (non-hydrogen) atoms. The van der Waals surface area contributed by atoms with Gasteiger partial charge in [-0.25, -0.2) is 0 Å². The average Bonchev–Trinajstić information content (AvgIpc) is 3.52. The lowest BCUT2D eigenvalue weighted by atomic mass is 10.0. The van der Waals surface area contributed by atoms with Crippen molar-refractivity contribution < 1.29 is 14.0 Å². The van der Waals surface area contributed by atoms with Crippen LogP contribution in [0.25, 0.3) is 0 Å². The quantitative estimate of drug-likeness (QED) is 0.572. The van der Waals surface area contributed by atoms with Gasteiger partial charge in [0, 0.05) is 10.9 Å². The molecule has 6 heteroatoms. The van der Waals surface area contributed by atoms with E-state index in [0.717, 1.165) is 36.1 Å². The van der Waals surface area contributed by atoms with Gasteiger partial charge in [-0.3, -0.25) is 9.59 Å². The Kier molecular flexibility index (Phi) is 6.64. The van der Waals surface area contributed by atoms with Crippen LogP contribution < -0.4 is 5.32 Å². The number of furan rings is 1. The molecule has 1 fully saturated rings. The van der Waals surface area contributed by atoms with E-state index in [-0.39, 0.29) is 30.8 Å². The summed E-state index contributed by atoms with van der Waals surface area (Å²) in [6.45, 7) is 0.245. The second-order valence-electron chi connectivity index (χ2n) is 7.66. The Morgan fingerprint density at radius 3 is 2.53 bits per heavy atom. The van der Waals surface area contributed by atoms with Crippen LogP contribution in [0.3, 0.4) is 0 Å². The van der Waals surface area contributed by atoms with Crippen molar-refractivity contribution in [3.8, 4) is 0 Å². The van der Waals surface area contributed by atoms with E-state index in [0.29, 0.717) is 5.76 Å². The van der Waals surface area contributed by atoms with E-state index < -0.39 is 6.04 Å². The van der Waals surface area contributed by atoms with Crippen molar-refractivity contribution in [2.45, 2.75) is 50.7 Å². The van der Waals surface area contributed by atoms with Crippen molar-refractivity contribution in [3.63, 3.8) is 0 Å². The monoisotopic (exact) mass is 422 g/mol. The molecular formula is C24H26N2O3S. The van der Waals surface area contributed by atoms with Crippen LogP contribution in [-0.4, -0.2) is 22.8 Å². The van der Waals surface area contributed by atoms with Crippen LogP contribution in [0.2, 0.25) is 0 Å². The molecule has 0 radical (unpaired) electrons. The first-order valence-electron chi connectivity index (χ1n) is 10.4. The molecule has 0 unspecified atom stereocenters. The lowest BCUT2D eigenvalue weighted by molar-refractivity contribution is -0.141. The van der Waals surface area contributed by atoms with Crippen LogP contribution in [0.1, 0.15) is 47.9 Å². The highest BCUT2D eigenvalue weighted by molar-refractivity contribution is 7.10. The molecule has 4 rings (SSSR count). The highest BCUT2D eigenvalue weighted by atomic mass is 32.1. The van der Waals surface area contributed by atoms with Crippen LogP contribution in [-0.2, 0) is 22.6 Å². The number of rotatable bonds is 8. The maximum atomic E-state index is 13.4. The van der Waals surface area contributed by atoms with E-state index in [1.54, 1.807) is 28.6 Å². The third-order valence-electron chi connectivity index (χ3n) is 5.51. The highest BCUT2D eigenvalue weighted by Gasteiger charge is 2.33. The minimum absolute atomic E-state index is 0.0933. The van der Waals surface area contributed by atoms with Gasteiger partial charge < -0.3 is 14.6 Å². The number of thiophene rings is 1. The fraction of sp³-hybridized carbons (Fsp3) is 0.333. The molecule has 1 aliphatic carbocycles. The summed E-state index contributed by atoms with van der Waals surface area (Å²) < 4.78 is 5.53. The van der Waals surface area contributed by atoms with Gasteiger partial charge in [-0.15, -0.1) is 11.3 Å². The number of amides is 2. The third-order valence-corrected chi connectivity index (χ3v) is 6.39. The number of nitrogens with one attached hydrogen (secondary N) is 1. The lowest BCUT2D eigenvalue weighted by Gasteiger charge is -2.31. The van der Waals surface area contributed by atoms with Crippen LogP contribution in [0.4, 0.5) is 0 Å². The second-order valence-corrected chi connectivity index (χ2v) is 8.69. The van der Waals surface area contributed by atoms with E-state index >= 15 is 0 Å². The Labute approximate surface area is 180 Å². The number of hydrogen-bond acceptors (Lipinski definition) is 4. The van der Waals surface area contributed by atoms with E-state index in [4.69, 9.17) is 4.42 Å². The normalized spacial score (nSPS) is 15.1. The van der Waals surface area contributed by atoms with Gasteiger partial charge >= 0.3 is 0 Å². The summed E-state index contributed by atoms with van der Waals surface area (Å²) in [5.41, 5.74) is 0.805. The van der Waals surface area contributed by atoms with Crippen LogP contribution in [0.15, 0.2) is 70.7 Å². The molecular weight excluding hydrogens is 396 g/mol. The van der Waals surface area contributed by atoms with Crippen molar-refractivity contribution in [2.24, 2.45) is 0 Å². The zero-order valence-electron chi connectivity index (χ0n) is 16.8. The Morgan fingerprint density at radius 1 is 1.07 bits per heavy atom. The van der Waals surface area contributed by atoms with Gasteiger partial charge in [0.1, 0.15) is 11.8 Å². The molecule has 1 aliphatic rings. The maximum absolute atomic E-state index is 13.4. The first-order chi connectivity index (χ1) is 14.7. The molecule has 0 aliphatic heterocycles. The molecule has 0 spiro atoms. The topological polar surface area (TPSA) is 62.6 Å². The minimum Gasteiger partial charge on any atom is -0.467 e. The van der Waals surface area contributed by atoms with Gasteiger partial charge in [-0.2, -0.15) is 0 Å². The molecule has 1 N–H and O–H groups in total. The number of nitrogens with zero attached hydrogens (tertiary/aromatic N) is 1. The van der Waals surface area contributed by atoms with Crippen LogP contribution in [0, 0.1) is 0 Å². The van der Waals surface area contributed by atoms with E-state index in [1.165, 1.54) is 0 Å². The van der Waals surface area contributed by atoms with Gasteiger partial charge in [-0.1, -0.05) is 49.2 Å². The average molecular weight is 423 g/mol. The smallest absolute Gasteiger partial charge is 0.247 e. The summed E-state index contributed by atoms with van der Waals surface area (Å²) in [4.78, 5) is 29.5. The molecule has 1 saturated carbocycles. The summed E-state index contributed by atoms with van der Waals surface area (Å²) in [7, 11) is 0. The summed E-state index contributed by atoms with van der Waals surface area (Å²) >= 11 is 1.55. The van der Waals surface area contributed by atoms with E-state index in [9.17, 15) is 9.59 Å². The summed E-state index contributed by atoms with van der Waals surface area (Å²) in [5.74, 6) is 0.438. The number of carbonyl (C=O) groups excluding carboxylic acids is 2. The fourth-order valence-electron chi connectivity index (χ4n) is 4.02. The number of hydrogen-bond donors (Lipinski definition) is 1. The lowest BCUT2D eigenvalue weighted by Crippen LogP contribution is -2.46. The molecule has 2 heterocycles. The van der Waals surface area contributed by atoms with Gasteiger partial charge in [0.05, 0.1) is 19.2 Å². The largest absolute Gasteiger partial charge is 0.467 e. The summed E-state index contributed by atoms with van der Waals surface area (Å²) in [6.07, 6.45) is 6.11. The molecule has 3 aromatic rings. The molecule has 0 bridgehead atoms. The van der Waals surface area contributed by atoms with Crippen LogP contribution in [0.5, 0.6) is 0 Å². The predicted molar refractivity (Wildman–Crippen MR) is 117 cm³/mol. The van der Waals surface area contributed by atoms with Crippen molar-refractivity contribution in [3.05, 3.63) is 82.4 Å². The predicted octanol–water partition coefficient (Wildman–Crippen LogP) is 4.71. The Bertz CT molecular complexity index is 932. The van der Waals surface area contributed by atoms with Crippen molar-refractivity contribution in [2.75, 3.05) is 0 Å². The molecule has 2 aromatic heterocycles. The molecule has 2 amide bonds. The SMILES string of the molecule is O=C(NC1CCCC1)[C@@H](c1ccccc1)N(Cc1ccco1)C(=O)Cc1cccs1. The van der Waals surface area contributed by atoms with Gasteiger partial charge in [-0.05, 0) is 42.0 Å². The van der Waals surface area contributed by atoms with Crippen molar-refractivity contribution >= 4 is 23.2 Å². The summed E-state index contributed by atoms with van der Waals surface area (Å²) in [5, 5.41) is 5.15. The maximum Gasteiger partial charge on any atom is 0.247 e. The zero-order chi connectivity index (χ0) is 20.8. The molecule has 5 nitrogen and oxygen atoms in total. The van der Waals surface area contributed by atoms with Gasteiger partial charge in [0.15, 0.2) is 0 Å². The van der Waals surface area contributed by atoms with Crippen LogP contribution >= 0.6 is 11.3 Å². The minimum atomic E-state index is -0.704. The van der Waals surface area contributed by atoms with Gasteiger partial charge in [0.2, 0.25) is 11.8 Å². The van der Waals surface area contributed by atoms with E-state index in [2.05, 4.69) is 5.32 Å². The van der Waals surface area contributed by atoms with Crippen molar-refractivity contribution in [1.82, 2.24) is 10.2 Å². The first kappa shape index (κ1) is 20.4. The summed E-state index contributed by atoms with van der Waals surface area (Å²) in [6, 6.07) is 16.5. The number of carbonyl (C=O) groups is 2. The Hall–Kier alpha value is -2.86. The van der Waals surface area contributed by atoms with Crippen molar-refractivity contribution in [1.29, 1.82) is 0 Å². The Balaban J connectivity index is 1.65. The molecule has 1 atom stereocenters. The Morgan fingerprint density at radius 2 is 1.87 bits per heavy atom. The molecule has 0 saturated heterocycles. The number of benzene rings is 1.